The third-order valence-corrected chi connectivity index (χ3v) is 7.34. The second kappa shape index (κ2) is 10.8. The topological polar surface area (TPSA) is 89.1 Å². The van der Waals surface area contributed by atoms with Gasteiger partial charge in [0.2, 0.25) is 0 Å². The van der Waals surface area contributed by atoms with Crippen LogP contribution in [-0.4, -0.2) is 21.0 Å². The summed E-state index contributed by atoms with van der Waals surface area (Å²) in [6.45, 7) is 3.98. The molecule has 1 unspecified atom stereocenters. The number of carbonyl (C=O) groups excluding carboxylic acids is 1. The highest BCUT2D eigenvalue weighted by Gasteiger charge is 2.24. The number of hydrogen-bond acceptors (Lipinski definition) is 4. The number of primary amides is 1. The minimum Gasteiger partial charge on any atom is -0.504 e. The van der Waals surface area contributed by atoms with Crippen molar-refractivity contribution in [3.63, 3.8) is 0 Å². The second-order valence-electron chi connectivity index (χ2n) is 9.80. The van der Waals surface area contributed by atoms with Gasteiger partial charge in [-0.05, 0) is 79.9 Å². The molecule has 0 aliphatic heterocycles. The number of aromatic nitrogens is 2. The highest BCUT2D eigenvalue weighted by molar-refractivity contribution is 5.93. The summed E-state index contributed by atoms with van der Waals surface area (Å²) >= 11 is 0. The van der Waals surface area contributed by atoms with E-state index in [-0.39, 0.29) is 11.4 Å². The van der Waals surface area contributed by atoms with Crippen LogP contribution in [0, 0.1) is 12.8 Å². The van der Waals surface area contributed by atoms with Crippen LogP contribution in [0.4, 0.5) is 0 Å². The molecule has 0 radical (unpaired) electrons. The van der Waals surface area contributed by atoms with Crippen LogP contribution in [0.2, 0.25) is 0 Å². The van der Waals surface area contributed by atoms with E-state index in [1.807, 2.05) is 0 Å². The van der Waals surface area contributed by atoms with Crippen LogP contribution >= 0.6 is 0 Å². The van der Waals surface area contributed by atoms with Gasteiger partial charge in [-0.2, -0.15) is 0 Å². The van der Waals surface area contributed by atoms with Crippen LogP contribution in [-0.2, 0) is 12.8 Å². The van der Waals surface area contributed by atoms with Crippen LogP contribution in [0.3, 0.4) is 0 Å². The fourth-order valence-electron chi connectivity index (χ4n) is 5.13. The van der Waals surface area contributed by atoms with E-state index in [4.69, 9.17) is 5.73 Å². The lowest BCUT2D eigenvalue weighted by Crippen LogP contribution is -2.19. The van der Waals surface area contributed by atoms with Gasteiger partial charge in [0, 0.05) is 6.42 Å². The number of aromatic hydroxyl groups is 1. The molecule has 2 aromatic carbocycles. The van der Waals surface area contributed by atoms with E-state index in [9.17, 15) is 9.90 Å². The fraction of sp³-hybridized carbons (Fsp3) is 0.414. The maximum atomic E-state index is 11.6. The van der Waals surface area contributed by atoms with Crippen molar-refractivity contribution in [1.82, 2.24) is 9.97 Å². The Morgan fingerprint density at radius 2 is 1.71 bits per heavy atom. The van der Waals surface area contributed by atoms with Gasteiger partial charge in [0.1, 0.15) is 5.82 Å². The normalized spacial score (nSPS) is 19.0. The summed E-state index contributed by atoms with van der Waals surface area (Å²) in [6, 6.07) is 20.0. The summed E-state index contributed by atoms with van der Waals surface area (Å²) in [5.74, 6) is 1.32. The first-order chi connectivity index (χ1) is 16.4. The molecule has 1 saturated carbocycles. The summed E-state index contributed by atoms with van der Waals surface area (Å²) in [4.78, 5) is 20.2. The van der Waals surface area contributed by atoms with E-state index in [2.05, 4.69) is 71.5 Å². The first kappa shape index (κ1) is 23.9. The van der Waals surface area contributed by atoms with E-state index in [1.54, 1.807) is 6.92 Å². The van der Waals surface area contributed by atoms with Gasteiger partial charge in [-0.1, -0.05) is 61.5 Å². The van der Waals surface area contributed by atoms with Crippen molar-refractivity contribution in [2.75, 3.05) is 0 Å². The Kier molecular flexibility index (Phi) is 7.61. The first-order valence-corrected chi connectivity index (χ1v) is 12.4. The highest BCUT2D eigenvalue weighted by atomic mass is 16.3. The zero-order valence-electron chi connectivity index (χ0n) is 20.2. The molecule has 1 amide bonds. The molecule has 5 heteroatoms. The number of nitrogens with zero attached hydrogens (tertiary/aromatic N) is 2. The number of hydrogen-bond donors (Lipinski definition) is 2. The number of amides is 1. The number of rotatable bonds is 8. The second-order valence-corrected chi connectivity index (χ2v) is 9.80. The van der Waals surface area contributed by atoms with E-state index >= 15 is 0 Å². The zero-order chi connectivity index (χ0) is 24.1. The van der Waals surface area contributed by atoms with E-state index in [1.165, 1.54) is 16.7 Å². The van der Waals surface area contributed by atoms with Crippen molar-refractivity contribution in [2.45, 2.75) is 70.6 Å². The Bertz CT molecular complexity index is 1100. The molecule has 1 aliphatic rings. The van der Waals surface area contributed by atoms with Crippen LogP contribution in [0.5, 0.6) is 5.75 Å². The molecule has 1 aliphatic carbocycles. The van der Waals surface area contributed by atoms with Crippen molar-refractivity contribution in [3.8, 4) is 5.75 Å². The van der Waals surface area contributed by atoms with Crippen LogP contribution in [0.1, 0.15) is 89.6 Å². The fourth-order valence-corrected chi connectivity index (χ4v) is 5.13. The van der Waals surface area contributed by atoms with Gasteiger partial charge >= 0.3 is 0 Å². The lowest BCUT2D eigenvalue weighted by molar-refractivity contribution is 0.0991. The molecule has 1 aromatic heterocycles. The molecule has 0 saturated heterocycles. The molecule has 34 heavy (non-hydrogen) atoms. The average molecular weight is 458 g/mol. The van der Waals surface area contributed by atoms with Gasteiger partial charge in [0.25, 0.3) is 5.91 Å². The smallest absolute Gasteiger partial charge is 0.271 e. The maximum Gasteiger partial charge on any atom is 0.271 e. The third-order valence-electron chi connectivity index (χ3n) is 7.34. The van der Waals surface area contributed by atoms with Gasteiger partial charge < -0.3 is 10.8 Å². The molecule has 178 valence electrons. The molecule has 3 N–H and O–H groups in total. The van der Waals surface area contributed by atoms with Crippen LogP contribution in [0.15, 0.2) is 54.6 Å². The molecular formula is C29H35N3O2. The van der Waals surface area contributed by atoms with E-state index in [0.717, 1.165) is 38.5 Å². The van der Waals surface area contributed by atoms with Gasteiger partial charge in [0.15, 0.2) is 11.4 Å². The molecule has 1 atom stereocenters. The SMILES string of the molecule is Cc1nc(CC2CCC(c3ccc(CCC(C)c4ccccc4)cc3)CC2)nc(C(N)=O)c1O. The summed E-state index contributed by atoms with van der Waals surface area (Å²) in [5.41, 5.74) is 9.94. The monoisotopic (exact) mass is 457 g/mol. The first-order valence-electron chi connectivity index (χ1n) is 12.4. The third kappa shape index (κ3) is 5.82. The molecular weight excluding hydrogens is 422 g/mol. The van der Waals surface area contributed by atoms with Crippen molar-refractivity contribution in [1.29, 1.82) is 0 Å². The Morgan fingerprint density at radius 1 is 1.03 bits per heavy atom. The Hall–Kier alpha value is -3.21. The number of nitrogens with two attached hydrogens (primary N) is 1. The van der Waals surface area contributed by atoms with Crippen molar-refractivity contribution in [3.05, 3.63) is 88.5 Å². The van der Waals surface area contributed by atoms with E-state index in [0.29, 0.717) is 35.7 Å². The number of aryl methyl sites for hydroxylation is 2. The lowest BCUT2D eigenvalue weighted by Gasteiger charge is -2.28. The number of carbonyl (C=O) groups is 1. The lowest BCUT2D eigenvalue weighted by atomic mass is 9.77. The molecule has 1 fully saturated rings. The van der Waals surface area contributed by atoms with E-state index < -0.39 is 5.91 Å². The molecule has 0 spiro atoms. The number of benzene rings is 2. The molecule has 4 rings (SSSR count). The average Bonchev–Trinajstić information content (AvgIpc) is 2.86. The summed E-state index contributed by atoms with van der Waals surface area (Å²) < 4.78 is 0. The maximum absolute atomic E-state index is 11.6. The molecule has 1 heterocycles. The Balaban J connectivity index is 1.28. The van der Waals surface area contributed by atoms with Gasteiger partial charge in [0.05, 0.1) is 5.69 Å². The van der Waals surface area contributed by atoms with Crippen LogP contribution < -0.4 is 5.73 Å². The van der Waals surface area contributed by atoms with Crippen molar-refractivity contribution in [2.24, 2.45) is 11.7 Å². The Morgan fingerprint density at radius 3 is 2.35 bits per heavy atom. The van der Waals surface area contributed by atoms with Gasteiger partial charge in [-0.25, -0.2) is 9.97 Å². The Labute approximate surface area is 202 Å². The van der Waals surface area contributed by atoms with Crippen LogP contribution in [0.25, 0.3) is 0 Å². The highest BCUT2D eigenvalue weighted by Crippen LogP contribution is 2.37. The zero-order valence-corrected chi connectivity index (χ0v) is 20.2. The molecule has 5 nitrogen and oxygen atoms in total. The largest absolute Gasteiger partial charge is 0.504 e. The van der Waals surface area contributed by atoms with Gasteiger partial charge in [-0.3, -0.25) is 4.79 Å². The minimum atomic E-state index is -0.717. The summed E-state index contributed by atoms with van der Waals surface area (Å²) in [7, 11) is 0. The molecule has 0 bridgehead atoms. The minimum absolute atomic E-state index is 0.0746. The predicted octanol–water partition coefficient (Wildman–Crippen LogP) is 5.84. The standard InChI is InChI=1S/C29H35N3O2/c1-19(23-6-4-3-5-7-23)8-9-21-10-14-24(15-11-21)25-16-12-22(13-17-25)18-26-31-20(2)28(33)27(32-26)29(30)34/h3-7,10-11,14-15,19,22,25,33H,8-9,12-13,16-18H2,1-2H3,(H2,30,34). The van der Waals surface area contributed by atoms with Crippen molar-refractivity contribution >= 4 is 5.91 Å². The van der Waals surface area contributed by atoms with Crippen molar-refractivity contribution < 1.29 is 9.90 Å². The molecule has 3 aromatic rings. The quantitative estimate of drug-likeness (QED) is 0.444. The summed E-state index contributed by atoms with van der Waals surface area (Å²) in [6.07, 6.45) is 7.48. The van der Waals surface area contributed by atoms with Gasteiger partial charge in [-0.15, -0.1) is 0 Å². The summed E-state index contributed by atoms with van der Waals surface area (Å²) in [5, 5.41) is 9.97. The predicted molar refractivity (Wildman–Crippen MR) is 135 cm³/mol.